The molecular formula is C18H19ClF3N5O3S. The Morgan fingerprint density at radius 3 is 2.52 bits per heavy atom. The van der Waals surface area contributed by atoms with E-state index in [1.165, 1.54) is 30.3 Å². The van der Waals surface area contributed by atoms with Gasteiger partial charge in [0.1, 0.15) is 10.6 Å². The molecule has 168 valence electrons. The molecular weight excluding hydrogens is 459 g/mol. The fourth-order valence-corrected chi connectivity index (χ4v) is 4.05. The molecule has 0 spiro atoms. The Kier molecular flexibility index (Phi) is 7.39. The van der Waals surface area contributed by atoms with Crippen molar-refractivity contribution >= 4 is 33.0 Å². The molecule has 0 aliphatic rings. The molecule has 31 heavy (non-hydrogen) atoms. The van der Waals surface area contributed by atoms with E-state index in [2.05, 4.69) is 21.7 Å². The summed E-state index contributed by atoms with van der Waals surface area (Å²) < 4.78 is 72.2. The maximum atomic E-state index is 13.0. The van der Waals surface area contributed by atoms with E-state index in [9.17, 15) is 21.6 Å². The zero-order chi connectivity index (χ0) is 23.4. The molecule has 0 bridgehead atoms. The average molecular weight is 478 g/mol. The quantitative estimate of drug-likeness (QED) is 0.325. The van der Waals surface area contributed by atoms with E-state index in [1.54, 1.807) is 6.92 Å². The second-order valence-corrected chi connectivity index (χ2v) is 8.09. The van der Waals surface area contributed by atoms with Gasteiger partial charge in [0.05, 0.1) is 29.1 Å². The zero-order valence-corrected chi connectivity index (χ0v) is 18.0. The van der Waals surface area contributed by atoms with E-state index in [4.69, 9.17) is 22.2 Å². The summed E-state index contributed by atoms with van der Waals surface area (Å²) in [5, 5.41) is 7.98. The van der Waals surface area contributed by atoms with Crippen LogP contribution in [0, 0.1) is 0 Å². The Morgan fingerprint density at radius 1 is 1.29 bits per heavy atom. The first-order chi connectivity index (χ1) is 14.4. The molecule has 0 heterocycles. The van der Waals surface area contributed by atoms with E-state index in [-0.39, 0.29) is 21.4 Å². The van der Waals surface area contributed by atoms with Crippen LogP contribution in [0.15, 0.2) is 58.3 Å². The van der Waals surface area contributed by atoms with Crippen molar-refractivity contribution in [3.8, 4) is 5.75 Å². The first kappa shape index (κ1) is 24.3. The first-order valence-electron chi connectivity index (χ1n) is 8.59. The molecule has 2 aromatic carbocycles. The largest absolute Gasteiger partial charge is 0.495 e. The number of methoxy groups -OCH3 is 1. The smallest absolute Gasteiger partial charge is 0.416 e. The number of halogens is 4. The summed E-state index contributed by atoms with van der Waals surface area (Å²) in [4.78, 5) is -0.345. The molecule has 3 N–H and O–H groups in total. The second-order valence-electron chi connectivity index (χ2n) is 6.03. The molecule has 8 nitrogen and oxygen atoms in total. The third kappa shape index (κ3) is 5.58. The lowest BCUT2D eigenvalue weighted by atomic mass is 10.1. The first-order valence-corrected chi connectivity index (χ1v) is 10.5. The van der Waals surface area contributed by atoms with Gasteiger partial charge in [-0.25, -0.2) is 13.4 Å². The van der Waals surface area contributed by atoms with Gasteiger partial charge >= 0.3 is 6.18 Å². The molecule has 13 heteroatoms. The number of sulfonamides is 1. The molecule has 2 aromatic rings. The molecule has 0 saturated heterocycles. The Hall–Kier alpha value is -2.99. The second kappa shape index (κ2) is 9.43. The predicted molar refractivity (Wildman–Crippen MR) is 111 cm³/mol. The van der Waals surface area contributed by atoms with Gasteiger partial charge in [-0.05, 0) is 48.5 Å². The standard InChI is InChI=1S/C18H19ClF3N5O3S/c1-4-27(26-25-23)11(2)12-5-8-16(30-3)17(9-12)31(28,29)24-15-10-13(18(20,21)22)6-7-14(15)19/h5-10,24H,2,4H2,1,3H3,(H2,23,26). The minimum Gasteiger partial charge on any atom is -0.495 e. The minimum absolute atomic E-state index is 0.0457. The van der Waals surface area contributed by atoms with Crippen molar-refractivity contribution in [1.29, 1.82) is 0 Å². The number of rotatable bonds is 8. The van der Waals surface area contributed by atoms with Gasteiger partial charge in [-0.1, -0.05) is 23.4 Å². The fraction of sp³-hybridized carbons (Fsp3) is 0.222. The number of nitrogens with zero attached hydrogens (tertiary/aromatic N) is 3. The number of alkyl halides is 3. The Labute approximate surface area is 182 Å². The lowest BCUT2D eigenvalue weighted by Gasteiger charge is -2.19. The molecule has 0 amide bonds. The van der Waals surface area contributed by atoms with Crippen molar-refractivity contribution in [3.05, 3.63) is 59.1 Å². The lowest BCUT2D eigenvalue weighted by molar-refractivity contribution is -0.137. The van der Waals surface area contributed by atoms with Crippen LogP contribution in [0.3, 0.4) is 0 Å². The third-order valence-electron chi connectivity index (χ3n) is 4.10. The van der Waals surface area contributed by atoms with Crippen LogP contribution in [0.2, 0.25) is 5.02 Å². The highest BCUT2D eigenvalue weighted by atomic mass is 35.5. The molecule has 0 atom stereocenters. The van der Waals surface area contributed by atoms with Crippen LogP contribution in [0.1, 0.15) is 18.1 Å². The normalized spacial score (nSPS) is 12.1. The summed E-state index contributed by atoms with van der Waals surface area (Å²) in [5.74, 6) is 5.02. The summed E-state index contributed by atoms with van der Waals surface area (Å²) in [6.07, 6.45) is -4.68. The zero-order valence-electron chi connectivity index (χ0n) is 16.4. The SMILES string of the molecule is C=C(c1ccc(OC)c(S(=O)(=O)Nc2cc(C(F)(F)F)ccc2Cl)c1)N(CC)/N=N\N. The van der Waals surface area contributed by atoms with Crippen LogP contribution >= 0.6 is 11.6 Å². The van der Waals surface area contributed by atoms with Gasteiger partial charge < -0.3 is 10.6 Å². The van der Waals surface area contributed by atoms with E-state index in [1.807, 2.05) is 0 Å². The molecule has 0 radical (unpaired) electrons. The highest BCUT2D eigenvalue weighted by Gasteiger charge is 2.32. The average Bonchev–Trinajstić information content (AvgIpc) is 2.71. The monoisotopic (exact) mass is 477 g/mol. The highest BCUT2D eigenvalue weighted by molar-refractivity contribution is 7.92. The summed E-state index contributed by atoms with van der Waals surface area (Å²) in [6.45, 7) is 5.93. The number of nitrogens with two attached hydrogens (primary N) is 1. The van der Waals surface area contributed by atoms with Crippen LogP contribution in [-0.2, 0) is 16.2 Å². The maximum Gasteiger partial charge on any atom is 0.416 e. The molecule has 0 fully saturated rings. The number of hydrogen-bond donors (Lipinski definition) is 2. The van der Waals surface area contributed by atoms with Gasteiger partial charge in [0.15, 0.2) is 0 Å². The molecule has 0 aromatic heterocycles. The van der Waals surface area contributed by atoms with Crippen LogP contribution in [0.25, 0.3) is 5.70 Å². The highest BCUT2D eigenvalue weighted by Crippen LogP contribution is 2.36. The van der Waals surface area contributed by atoms with Crippen LogP contribution < -0.4 is 15.3 Å². The fourth-order valence-electron chi connectivity index (χ4n) is 2.57. The number of benzene rings is 2. The summed E-state index contributed by atoms with van der Waals surface area (Å²) in [7, 11) is -3.16. The maximum absolute atomic E-state index is 13.0. The van der Waals surface area contributed by atoms with Gasteiger partial charge in [0.25, 0.3) is 10.0 Å². The summed E-state index contributed by atoms with van der Waals surface area (Å²) >= 11 is 5.91. The number of hydrogen-bond acceptors (Lipinski definition) is 5. The topological polar surface area (TPSA) is 109 Å². The lowest BCUT2D eigenvalue weighted by Crippen LogP contribution is -2.17. The van der Waals surface area contributed by atoms with Gasteiger partial charge in [-0.15, -0.1) is 0 Å². The number of nitrogens with one attached hydrogen (secondary N) is 1. The van der Waals surface area contributed by atoms with Gasteiger partial charge in [0, 0.05) is 12.1 Å². The van der Waals surface area contributed by atoms with E-state index in [0.29, 0.717) is 18.2 Å². The number of ether oxygens (including phenoxy) is 1. The van der Waals surface area contributed by atoms with E-state index >= 15 is 0 Å². The molecule has 0 aliphatic carbocycles. The molecule has 0 aliphatic heterocycles. The van der Waals surface area contributed by atoms with Gasteiger partial charge in [-0.3, -0.25) is 4.72 Å². The van der Waals surface area contributed by atoms with Gasteiger partial charge in [0.2, 0.25) is 0 Å². The van der Waals surface area contributed by atoms with Crippen molar-refractivity contribution < 1.29 is 26.3 Å². The summed E-state index contributed by atoms with van der Waals surface area (Å²) in [5.41, 5.74) is -0.872. The van der Waals surface area contributed by atoms with Crippen LogP contribution in [0.5, 0.6) is 5.75 Å². The molecule has 0 saturated carbocycles. The Morgan fingerprint density at radius 2 is 1.97 bits per heavy atom. The third-order valence-corrected chi connectivity index (χ3v) is 5.81. The minimum atomic E-state index is -4.68. The van der Waals surface area contributed by atoms with Crippen molar-refractivity contribution in [3.63, 3.8) is 0 Å². The van der Waals surface area contributed by atoms with Crippen LogP contribution in [-0.4, -0.2) is 27.1 Å². The van der Waals surface area contributed by atoms with Crippen molar-refractivity contribution in [1.82, 2.24) is 5.01 Å². The van der Waals surface area contributed by atoms with Crippen molar-refractivity contribution in [2.45, 2.75) is 18.0 Å². The Bertz CT molecular complexity index is 1110. The van der Waals surface area contributed by atoms with Crippen molar-refractivity contribution in [2.75, 3.05) is 18.4 Å². The van der Waals surface area contributed by atoms with Gasteiger partial charge in [-0.2, -0.15) is 13.2 Å². The molecule has 0 unspecified atom stereocenters. The Balaban J connectivity index is 2.53. The van der Waals surface area contributed by atoms with Crippen LogP contribution in [0.4, 0.5) is 18.9 Å². The number of anilines is 1. The van der Waals surface area contributed by atoms with Crippen molar-refractivity contribution in [2.24, 2.45) is 16.3 Å². The molecule has 2 rings (SSSR count). The summed E-state index contributed by atoms with van der Waals surface area (Å²) in [6, 6.07) is 6.45. The predicted octanol–water partition coefficient (Wildman–Crippen LogP) is 4.70. The van der Waals surface area contributed by atoms with E-state index in [0.717, 1.165) is 12.1 Å². The van der Waals surface area contributed by atoms with E-state index < -0.39 is 27.5 Å².